The van der Waals surface area contributed by atoms with Gasteiger partial charge in [-0.25, -0.2) is 13.1 Å². The number of nitrogens with one attached hydrogen (secondary N) is 1. The quantitative estimate of drug-likeness (QED) is 0.731. The summed E-state index contributed by atoms with van der Waals surface area (Å²) in [4.78, 5) is 12.3. The minimum atomic E-state index is -3.47. The summed E-state index contributed by atoms with van der Waals surface area (Å²) in [7, 11) is -3.47. The van der Waals surface area contributed by atoms with Crippen LogP contribution in [0, 0.1) is 0 Å². The Kier molecular flexibility index (Phi) is 6.14. The Hall–Kier alpha value is -1.98. The summed E-state index contributed by atoms with van der Waals surface area (Å²) in [5, 5.41) is 0. The van der Waals surface area contributed by atoms with Gasteiger partial charge in [0.15, 0.2) is 5.78 Å². The van der Waals surface area contributed by atoms with Crippen LogP contribution in [-0.4, -0.2) is 20.7 Å². The molecule has 5 heteroatoms. The van der Waals surface area contributed by atoms with Crippen molar-refractivity contribution in [3.63, 3.8) is 0 Å². The molecule has 0 heterocycles. The number of hydrogen-bond donors (Lipinski definition) is 1. The van der Waals surface area contributed by atoms with E-state index in [1.807, 2.05) is 37.3 Å². The third-order valence-electron chi connectivity index (χ3n) is 4.32. The predicted octanol–water partition coefficient (Wildman–Crippen LogP) is 3.68. The zero-order valence-electron chi connectivity index (χ0n) is 15.0. The molecule has 2 aromatic carbocycles. The lowest BCUT2D eigenvalue weighted by atomic mass is 9.98. The molecule has 4 nitrogen and oxygen atoms in total. The van der Waals surface area contributed by atoms with Crippen LogP contribution < -0.4 is 4.72 Å². The van der Waals surface area contributed by atoms with E-state index in [2.05, 4.69) is 4.72 Å². The van der Waals surface area contributed by atoms with Gasteiger partial charge in [-0.05, 0) is 31.4 Å². The van der Waals surface area contributed by atoms with Crippen LogP contribution in [0.3, 0.4) is 0 Å². The van der Waals surface area contributed by atoms with Crippen molar-refractivity contribution in [2.75, 3.05) is 6.54 Å². The predicted molar refractivity (Wildman–Crippen MR) is 101 cm³/mol. The second-order valence-corrected chi connectivity index (χ2v) is 8.89. The highest BCUT2D eigenvalue weighted by Crippen LogP contribution is 2.29. The van der Waals surface area contributed by atoms with Crippen LogP contribution >= 0.6 is 0 Å². The maximum atomic E-state index is 12.5. The Balaban J connectivity index is 2.15. The normalized spacial score (nSPS) is 12.1. The number of sulfonamides is 1. The lowest BCUT2D eigenvalue weighted by Gasteiger charge is -2.25. The number of rotatable bonds is 8. The molecule has 0 fully saturated rings. The molecule has 0 aromatic heterocycles. The number of carbonyl (C=O) groups excluding carboxylic acids is 1. The van der Waals surface area contributed by atoms with E-state index in [9.17, 15) is 13.2 Å². The first-order valence-electron chi connectivity index (χ1n) is 8.45. The van der Waals surface area contributed by atoms with Crippen molar-refractivity contribution in [3.05, 3.63) is 71.3 Å². The average Bonchev–Trinajstić information content (AvgIpc) is 2.61. The van der Waals surface area contributed by atoms with Gasteiger partial charge < -0.3 is 0 Å². The van der Waals surface area contributed by atoms with Crippen LogP contribution in [0.15, 0.2) is 54.6 Å². The van der Waals surface area contributed by atoms with Gasteiger partial charge in [0.1, 0.15) is 4.75 Å². The number of ketones is 1. The summed E-state index contributed by atoms with van der Waals surface area (Å²) in [6.45, 7) is 5.73. The molecule has 0 saturated heterocycles. The topological polar surface area (TPSA) is 63.2 Å². The summed E-state index contributed by atoms with van der Waals surface area (Å²) >= 11 is 0. The molecule has 2 aromatic rings. The standard InChI is InChI=1S/C20H25NO3S/c1-4-14-21-25(23,24)20(2,3)18-12-10-16(11-13-18)15-19(22)17-8-6-5-7-9-17/h5-13,21H,4,14-15H2,1-3H3. The molecule has 2 rings (SSSR count). The Labute approximate surface area is 150 Å². The summed E-state index contributed by atoms with van der Waals surface area (Å²) in [5.74, 6) is 0.0462. The molecule has 0 bridgehead atoms. The molecule has 0 aliphatic carbocycles. The minimum Gasteiger partial charge on any atom is -0.294 e. The number of benzene rings is 2. The lowest BCUT2D eigenvalue weighted by Crippen LogP contribution is -2.40. The summed E-state index contributed by atoms with van der Waals surface area (Å²) in [6.07, 6.45) is 1.04. The summed E-state index contributed by atoms with van der Waals surface area (Å²) in [5.41, 5.74) is 2.25. The maximum absolute atomic E-state index is 12.5. The van der Waals surface area contributed by atoms with Crippen molar-refractivity contribution in [1.82, 2.24) is 4.72 Å². The highest BCUT2D eigenvalue weighted by atomic mass is 32.2. The molecule has 0 unspecified atom stereocenters. The van der Waals surface area contributed by atoms with E-state index in [-0.39, 0.29) is 5.78 Å². The highest BCUT2D eigenvalue weighted by molar-refractivity contribution is 7.90. The van der Waals surface area contributed by atoms with Gasteiger partial charge in [0.2, 0.25) is 10.0 Å². The summed E-state index contributed by atoms with van der Waals surface area (Å²) < 4.78 is 26.6. The zero-order valence-corrected chi connectivity index (χ0v) is 15.8. The first-order chi connectivity index (χ1) is 11.8. The van der Waals surface area contributed by atoms with Crippen LogP contribution in [0.4, 0.5) is 0 Å². The SMILES string of the molecule is CCCNS(=O)(=O)C(C)(C)c1ccc(CC(=O)c2ccccc2)cc1. The van der Waals surface area contributed by atoms with Crippen LogP contribution in [0.25, 0.3) is 0 Å². The Bertz CT molecular complexity index is 810. The second kappa shape index (κ2) is 7.93. The van der Waals surface area contributed by atoms with E-state index in [0.717, 1.165) is 12.0 Å². The van der Waals surface area contributed by atoms with Gasteiger partial charge >= 0.3 is 0 Å². The number of carbonyl (C=O) groups is 1. The molecule has 25 heavy (non-hydrogen) atoms. The fraction of sp³-hybridized carbons (Fsp3) is 0.350. The Morgan fingerprint density at radius 2 is 1.60 bits per heavy atom. The van der Waals surface area contributed by atoms with Gasteiger partial charge in [0.05, 0.1) is 0 Å². The molecule has 0 aliphatic rings. The molecule has 0 amide bonds. The third kappa shape index (κ3) is 4.55. The number of hydrogen-bond acceptors (Lipinski definition) is 3. The number of Topliss-reactive ketones (excluding diaryl/α,β-unsaturated/α-hetero) is 1. The molecule has 0 saturated carbocycles. The molecule has 0 aliphatic heterocycles. The minimum absolute atomic E-state index is 0.0462. The van der Waals surface area contributed by atoms with Crippen LogP contribution in [-0.2, 0) is 21.2 Å². The van der Waals surface area contributed by atoms with Gasteiger partial charge in [-0.15, -0.1) is 0 Å². The zero-order chi connectivity index (χ0) is 18.5. The van der Waals surface area contributed by atoms with E-state index in [0.29, 0.717) is 24.1 Å². The smallest absolute Gasteiger partial charge is 0.221 e. The fourth-order valence-electron chi connectivity index (χ4n) is 2.51. The van der Waals surface area contributed by atoms with Crippen molar-refractivity contribution in [2.24, 2.45) is 0 Å². The molecule has 1 N–H and O–H groups in total. The van der Waals surface area contributed by atoms with Gasteiger partial charge in [-0.1, -0.05) is 61.5 Å². The molecule has 0 atom stereocenters. The Morgan fingerprint density at radius 3 is 2.16 bits per heavy atom. The first kappa shape index (κ1) is 19.3. The van der Waals surface area contributed by atoms with Crippen LogP contribution in [0.1, 0.15) is 48.7 Å². The summed E-state index contributed by atoms with van der Waals surface area (Å²) in [6, 6.07) is 16.4. The fourth-order valence-corrected chi connectivity index (χ4v) is 3.79. The molecule has 0 spiro atoms. The van der Waals surface area contributed by atoms with Crippen molar-refractivity contribution in [3.8, 4) is 0 Å². The van der Waals surface area contributed by atoms with E-state index in [4.69, 9.17) is 0 Å². The average molecular weight is 359 g/mol. The monoisotopic (exact) mass is 359 g/mol. The van der Waals surface area contributed by atoms with Gasteiger partial charge in [-0.2, -0.15) is 0 Å². The largest absolute Gasteiger partial charge is 0.294 e. The van der Waals surface area contributed by atoms with E-state index >= 15 is 0 Å². The van der Waals surface area contributed by atoms with Gasteiger partial charge in [-0.3, -0.25) is 4.79 Å². The molecule has 0 radical (unpaired) electrons. The van der Waals surface area contributed by atoms with Gasteiger partial charge in [0.25, 0.3) is 0 Å². The third-order valence-corrected chi connectivity index (χ3v) is 6.49. The highest BCUT2D eigenvalue weighted by Gasteiger charge is 2.35. The second-order valence-electron chi connectivity index (χ2n) is 6.57. The lowest BCUT2D eigenvalue weighted by molar-refractivity contribution is 0.0993. The van der Waals surface area contributed by atoms with Crippen LogP contribution in [0.2, 0.25) is 0 Å². The van der Waals surface area contributed by atoms with Crippen molar-refractivity contribution in [2.45, 2.75) is 38.4 Å². The van der Waals surface area contributed by atoms with Crippen LogP contribution in [0.5, 0.6) is 0 Å². The maximum Gasteiger partial charge on any atom is 0.221 e. The molecule has 134 valence electrons. The molecular formula is C20H25NO3S. The van der Waals surface area contributed by atoms with Crippen molar-refractivity contribution in [1.29, 1.82) is 0 Å². The van der Waals surface area contributed by atoms with E-state index in [1.54, 1.807) is 38.1 Å². The van der Waals surface area contributed by atoms with Crippen molar-refractivity contribution < 1.29 is 13.2 Å². The van der Waals surface area contributed by atoms with E-state index in [1.165, 1.54) is 0 Å². The molecular weight excluding hydrogens is 334 g/mol. The first-order valence-corrected chi connectivity index (χ1v) is 9.93. The van der Waals surface area contributed by atoms with E-state index < -0.39 is 14.8 Å². The van der Waals surface area contributed by atoms with Crippen molar-refractivity contribution >= 4 is 15.8 Å². The van der Waals surface area contributed by atoms with Gasteiger partial charge in [0, 0.05) is 18.5 Å². The Morgan fingerprint density at radius 1 is 1.00 bits per heavy atom.